The number of halogens is 1. The van der Waals surface area contributed by atoms with Crippen molar-refractivity contribution in [2.24, 2.45) is 0 Å². The predicted octanol–water partition coefficient (Wildman–Crippen LogP) is 1.84. The van der Waals surface area contributed by atoms with E-state index in [0.29, 0.717) is 6.61 Å². The quantitative estimate of drug-likeness (QED) is 0.702. The molecule has 1 aromatic heterocycles. The summed E-state index contributed by atoms with van der Waals surface area (Å²) in [4.78, 5) is 8.28. The molecule has 0 fully saturated rings. The maximum atomic E-state index is 6.03. The highest BCUT2D eigenvalue weighted by molar-refractivity contribution is 6.20. The minimum atomic E-state index is -0.0143. The van der Waals surface area contributed by atoms with Crippen molar-refractivity contribution in [2.45, 2.75) is 25.1 Å². The minimum absolute atomic E-state index is 0.0143. The van der Waals surface area contributed by atoms with E-state index in [2.05, 4.69) is 16.9 Å². The van der Waals surface area contributed by atoms with Crippen molar-refractivity contribution in [3.8, 4) is 0 Å². The molecule has 0 saturated carbocycles. The Labute approximate surface area is 89.5 Å². The second kappa shape index (κ2) is 5.94. The molecule has 1 unspecified atom stereocenters. The molecule has 0 spiro atoms. The van der Waals surface area contributed by atoms with Crippen molar-refractivity contribution < 1.29 is 4.74 Å². The number of rotatable bonds is 5. The van der Waals surface area contributed by atoms with Crippen molar-refractivity contribution in [2.75, 3.05) is 13.7 Å². The van der Waals surface area contributed by atoms with E-state index < -0.39 is 0 Å². The van der Waals surface area contributed by atoms with Gasteiger partial charge in [0.2, 0.25) is 0 Å². The minimum Gasteiger partial charge on any atom is -0.383 e. The van der Waals surface area contributed by atoms with E-state index >= 15 is 0 Å². The lowest BCUT2D eigenvalue weighted by Gasteiger charge is -2.07. The van der Waals surface area contributed by atoms with Crippen LogP contribution in [0, 0.1) is 0 Å². The molecule has 0 amide bonds. The number of aromatic nitrogens is 2. The number of methoxy groups -OCH3 is 1. The van der Waals surface area contributed by atoms with Crippen LogP contribution >= 0.6 is 11.6 Å². The van der Waals surface area contributed by atoms with Gasteiger partial charge in [-0.25, -0.2) is 9.97 Å². The lowest BCUT2D eigenvalue weighted by Crippen LogP contribution is -2.12. The number of hydrogen-bond acceptors (Lipinski definition) is 3. The zero-order chi connectivity index (χ0) is 10.4. The van der Waals surface area contributed by atoms with Gasteiger partial charge in [-0.2, -0.15) is 0 Å². The van der Waals surface area contributed by atoms with Gasteiger partial charge in [-0.1, -0.05) is 6.92 Å². The summed E-state index contributed by atoms with van der Waals surface area (Å²) in [7, 11) is 1.65. The highest BCUT2D eigenvalue weighted by atomic mass is 35.5. The molecule has 14 heavy (non-hydrogen) atoms. The fraction of sp³-hybridized carbons (Fsp3) is 0.600. The molecule has 0 aliphatic rings. The Morgan fingerprint density at radius 2 is 2.14 bits per heavy atom. The lowest BCUT2D eigenvalue weighted by atomic mass is 10.2. The predicted molar refractivity (Wildman–Crippen MR) is 56.6 cm³/mol. The summed E-state index contributed by atoms with van der Waals surface area (Å²) in [5, 5.41) is -0.0143. The van der Waals surface area contributed by atoms with Gasteiger partial charge in [0, 0.05) is 24.9 Å². The van der Waals surface area contributed by atoms with Crippen LogP contribution in [0.15, 0.2) is 12.4 Å². The first-order valence-corrected chi connectivity index (χ1v) is 5.12. The fourth-order valence-electron chi connectivity index (χ4n) is 1.22. The smallest absolute Gasteiger partial charge is 0.115 e. The zero-order valence-electron chi connectivity index (χ0n) is 8.53. The molecule has 0 aliphatic heterocycles. The Hall–Kier alpha value is -0.670. The number of aryl methyl sites for hydroxylation is 1. The summed E-state index contributed by atoms with van der Waals surface area (Å²) < 4.78 is 4.96. The van der Waals surface area contributed by atoms with Crippen LogP contribution in [-0.2, 0) is 17.6 Å². The maximum Gasteiger partial charge on any atom is 0.115 e. The molecule has 78 valence electrons. The SMILES string of the molecule is CCc1cc(CC(Cl)COC)ncn1. The molecule has 0 bridgehead atoms. The molecule has 0 aliphatic carbocycles. The number of nitrogens with zero attached hydrogens (tertiary/aromatic N) is 2. The molecular formula is C10H15ClN2O. The van der Waals surface area contributed by atoms with E-state index in [-0.39, 0.29) is 5.38 Å². The second-order valence-corrected chi connectivity index (χ2v) is 3.73. The average Bonchev–Trinajstić information content (AvgIpc) is 2.18. The largest absolute Gasteiger partial charge is 0.383 e. The molecule has 0 N–H and O–H groups in total. The van der Waals surface area contributed by atoms with E-state index in [1.165, 1.54) is 0 Å². The van der Waals surface area contributed by atoms with E-state index in [1.54, 1.807) is 13.4 Å². The van der Waals surface area contributed by atoms with Gasteiger partial charge in [-0.3, -0.25) is 0 Å². The summed E-state index contributed by atoms with van der Waals surface area (Å²) in [5.74, 6) is 0. The van der Waals surface area contributed by atoms with E-state index in [1.807, 2.05) is 6.07 Å². The Kier molecular flexibility index (Phi) is 4.84. The van der Waals surface area contributed by atoms with Crippen LogP contribution in [0.4, 0.5) is 0 Å². The van der Waals surface area contributed by atoms with Gasteiger partial charge in [0.25, 0.3) is 0 Å². The third-order valence-electron chi connectivity index (χ3n) is 1.92. The molecule has 0 saturated heterocycles. The normalized spacial score (nSPS) is 12.8. The Morgan fingerprint density at radius 1 is 1.43 bits per heavy atom. The molecule has 1 heterocycles. The van der Waals surface area contributed by atoms with E-state index in [9.17, 15) is 0 Å². The highest BCUT2D eigenvalue weighted by Crippen LogP contribution is 2.07. The molecular weight excluding hydrogens is 200 g/mol. The van der Waals surface area contributed by atoms with Crippen molar-refractivity contribution in [3.63, 3.8) is 0 Å². The third kappa shape index (κ3) is 3.60. The van der Waals surface area contributed by atoms with Crippen LogP contribution < -0.4 is 0 Å². The van der Waals surface area contributed by atoms with Crippen LogP contribution in [0.1, 0.15) is 18.3 Å². The van der Waals surface area contributed by atoms with Crippen molar-refractivity contribution in [1.82, 2.24) is 9.97 Å². The van der Waals surface area contributed by atoms with Gasteiger partial charge in [-0.15, -0.1) is 11.6 Å². The molecule has 4 heteroatoms. The molecule has 0 radical (unpaired) electrons. The average molecular weight is 215 g/mol. The Bertz CT molecular complexity index is 281. The van der Waals surface area contributed by atoms with Crippen LogP contribution in [0.25, 0.3) is 0 Å². The van der Waals surface area contributed by atoms with Crippen LogP contribution in [0.3, 0.4) is 0 Å². The van der Waals surface area contributed by atoms with Crippen molar-refractivity contribution in [1.29, 1.82) is 0 Å². The Balaban J connectivity index is 2.57. The molecule has 0 aromatic carbocycles. The van der Waals surface area contributed by atoms with E-state index in [0.717, 1.165) is 24.2 Å². The first-order valence-electron chi connectivity index (χ1n) is 4.69. The molecule has 1 rings (SSSR count). The van der Waals surface area contributed by atoms with Gasteiger partial charge in [0.15, 0.2) is 0 Å². The van der Waals surface area contributed by atoms with Crippen molar-refractivity contribution >= 4 is 11.6 Å². The van der Waals surface area contributed by atoms with Gasteiger partial charge >= 0.3 is 0 Å². The van der Waals surface area contributed by atoms with Crippen LogP contribution in [-0.4, -0.2) is 29.1 Å². The summed E-state index contributed by atoms with van der Waals surface area (Å²) >= 11 is 6.03. The molecule has 1 atom stereocenters. The molecule has 3 nitrogen and oxygen atoms in total. The first kappa shape index (κ1) is 11.4. The second-order valence-electron chi connectivity index (χ2n) is 3.11. The first-order chi connectivity index (χ1) is 6.76. The number of hydrogen-bond donors (Lipinski definition) is 0. The third-order valence-corrected chi connectivity index (χ3v) is 2.20. The van der Waals surface area contributed by atoms with Gasteiger partial charge in [0.05, 0.1) is 12.0 Å². The summed E-state index contributed by atoms with van der Waals surface area (Å²) in [6.45, 7) is 2.62. The summed E-state index contributed by atoms with van der Waals surface area (Å²) in [6.07, 6.45) is 3.24. The van der Waals surface area contributed by atoms with E-state index in [4.69, 9.17) is 16.3 Å². The number of alkyl halides is 1. The van der Waals surface area contributed by atoms with Gasteiger partial charge in [-0.05, 0) is 12.5 Å². The number of ether oxygens (including phenoxy) is 1. The molecule has 1 aromatic rings. The fourth-order valence-corrected chi connectivity index (χ4v) is 1.50. The lowest BCUT2D eigenvalue weighted by molar-refractivity contribution is 0.197. The van der Waals surface area contributed by atoms with Crippen molar-refractivity contribution in [3.05, 3.63) is 23.8 Å². The summed E-state index contributed by atoms with van der Waals surface area (Å²) in [6, 6.07) is 1.99. The monoisotopic (exact) mass is 214 g/mol. The van der Waals surface area contributed by atoms with Crippen LogP contribution in [0.2, 0.25) is 0 Å². The van der Waals surface area contributed by atoms with Gasteiger partial charge < -0.3 is 4.74 Å². The standard InChI is InChI=1S/C10H15ClN2O/c1-3-9-5-10(13-7-12-9)4-8(11)6-14-2/h5,7-8H,3-4,6H2,1-2H3. The summed E-state index contributed by atoms with van der Waals surface area (Å²) in [5.41, 5.74) is 2.03. The van der Waals surface area contributed by atoms with Crippen LogP contribution in [0.5, 0.6) is 0 Å². The topological polar surface area (TPSA) is 35.0 Å². The highest BCUT2D eigenvalue weighted by Gasteiger charge is 2.06. The van der Waals surface area contributed by atoms with Gasteiger partial charge in [0.1, 0.15) is 6.33 Å². The Morgan fingerprint density at radius 3 is 2.79 bits per heavy atom. The zero-order valence-corrected chi connectivity index (χ0v) is 9.29. The maximum absolute atomic E-state index is 6.03.